The molecular formula is C52H79N9O7S. The Kier molecular flexibility index (Phi) is 25.4. The Hall–Kier alpha value is -5.20. The molecule has 16 nitrogen and oxygen atoms in total. The Bertz CT molecular complexity index is 2080. The van der Waals surface area contributed by atoms with Gasteiger partial charge in [0, 0.05) is 102 Å². The van der Waals surface area contributed by atoms with Gasteiger partial charge in [0.25, 0.3) is 0 Å². The molecule has 0 bridgehead atoms. The van der Waals surface area contributed by atoms with Crippen LogP contribution < -0.4 is 26.6 Å². The first-order valence-corrected chi connectivity index (χ1v) is 25.3. The lowest BCUT2D eigenvalue weighted by Crippen LogP contribution is -2.49. The highest BCUT2D eigenvalue weighted by Gasteiger charge is 2.24. The Morgan fingerprint density at radius 3 is 2.03 bits per heavy atom. The third kappa shape index (κ3) is 22.4. The third-order valence-electron chi connectivity index (χ3n) is 12.9. The van der Waals surface area contributed by atoms with E-state index in [0.717, 1.165) is 93.6 Å². The summed E-state index contributed by atoms with van der Waals surface area (Å²) in [4.78, 5) is 71.5. The number of carboxylic acids is 2. The lowest BCUT2D eigenvalue weighted by Gasteiger charge is -2.36. The molecule has 1 unspecified atom stereocenters. The molecule has 7 N–H and O–H groups in total. The second kappa shape index (κ2) is 31.1. The number of urea groups is 1. The van der Waals surface area contributed by atoms with Crippen molar-refractivity contribution in [2.75, 3.05) is 98.5 Å². The van der Waals surface area contributed by atoms with E-state index in [1.54, 1.807) is 0 Å². The number of carboxylic acid groups (broad SMARTS) is 2. The van der Waals surface area contributed by atoms with E-state index in [9.17, 15) is 29.1 Å². The quantitative estimate of drug-likeness (QED) is 0.0396. The topological polar surface area (TPSA) is 199 Å². The molecule has 1 heterocycles. The highest BCUT2D eigenvalue weighted by Crippen LogP contribution is 2.21. The van der Waals surface area contributed by atoms with E-state index in [0.29, 0.717) is 49.8 Å². The number of benzene rings is 3. The van der Waals surface area contributed by atoms with Crippen LogP contribution in [0.1, 0.15) is 82.3 Å². The fraction of sp³-hybridized carbons (Fsp3) is 0.577. The smallest absolute Gasteiger partial charge is 0.326 e. The van der Waals surface area contributed by atoms with Crippen LogP contribution in [0.15, 0.2) is 66.7 Å². The second-order valence-corrected chi connectivity index (χ2v) is 19.1. The van der Waals surface area contributed by atoms with Gasteiger partial charge in [-0.2, -0.15) is 0 Å². The summed E-state index contributed by atoms with van der Waals surface area (Å²) in [6.45, 7) is 11.8. The summed E-state index contributed by atoms with van der Waals surface area (Å²) in [5, 5.41) is 35.5. The first kappa shape index (κ1) is 56.4. The molecule has 0 aliphatic carbocycles. The van der Waals surface area contributed by atoms with E-state index in [2.05, 4.69) is 105 Å². The molecule has 69 heavy (non-hydrogen) atoms. The average Bonchev–Trinajstić information content (AvgIpc) is 3.32. The maximum Gasteiger partial charge on any atom is 0.326 e. The van der Waals surface area contributed by atoms with E-state index in [1.165, 1.54) is 5.56 Å². The summed E-state index contributed by atoms with van der Waals surface area (Å²) < 4.78 is 0. The van der Waals surface area contributed by atoms with Crippen LogP contribution in [-0.2, 0) is 32.0 Å². The minimum Gasteiger partial charge on any atom is -0.481 e. The minimum absolute atomic E-state index is 0.0300. The molecule has 1 fully saturated rings. The number of rotatable bonds is 26. The monoisotopic (exact) mass is 974 g/mol. The first-order chi connectivity index (χ1) is 33.2. The zero-order chi connectivity index (χ0) is 50.0. The summed E-state index contributed by atoms with van der Waals surface area (Å²) in [5.41, 5.74) is 3.20. The number of anilines is 1. The van der Waals surface area contributed by atoms with Gasteiger partial charge in [0.1, 0.15) is 11.8 Å². The van der Waals surface area contributed by atoms with Crippen molar-refractivity contribution >= 4 is 63.5 Å². The molecule has 380 valence electrons. The van der Waals surface area contributed by atoms with Crippen LogP contribution in [0.3, 0.4) is 0 Å². The molecule has 3 aromatic carbocycles. The van der Waals surface area contributed by atoms with E-state index < -0.39 is 29.9 Å². The number of nitrogens with zero attached hydrogens (tertiary/aromatic N) is 4. The fourth-order valence-corrected chi connectivity index (χ4v) is 8.80. The number of carbonyl (C=O) groups excluding carboxylic acids is 3. The number of likely N-dealkylation sites (N-methyl/N-ethyl adjacent to an activating group) is 4. The molecule has 3 amide bonds. The Labute approximate surface area is 415 Å². The predicted molar refractivity (Wildman–Crippen MR) is 279 cm³/mol. The maximum atomic E-state index is 13.6. The van der Waals surface area contributed by atoms with Crippen LogP contribution in [-0.4, -0.2) is 170 Å². The highest BCUT2D eigenvalue weighted by atomic mass is 32.1. The number of hydrogen-bond donors (Lipinski definition) is 7. The van der Waals surface area contributed by atoms with Crippen LogP contribution in [0.5, 0.6) is 0 Å². The van der Waals surface area contributed by atoms with Crippen molar-refractivity contribution in [3.05, 3.63) is 77.9 Å². The summed E-state index contributed by atoms with van der Waals surface area (Å²) in [7, 11) is 6.68. The van der Waals surface area contributed by atoms with Crippen LogP contribution >= 0.6 is 12.2 Å². The van der Waals surface area contributed by atoms with E-state index in [1.807, 2.05) is 36.4 Å². The van der Waals surface area contributed by atoms with Crippen molar-refractivity contribution in [3.63, 3.8) is 0 Å². The van der Waals surface area contributed by atoms with Gasteiger partial charge in [-0.1, -0.05) is 67.9 Å². The Morgan fingerprint density at radius 1 is 0.696 bits per heavy atom. The molecule has 3 atom stereocenters. The average molecular weight is 974 g/mol. The molecule has 3 aromatic rings. The Morgan fingerprint density at radius 2 is 1.33 bits per heavy atom. The molecule has 1 aliphatic rings. The molecule has 4 rings (SSSR count). The van der Waals surface area contributed by atoms with Gasteiger partial charge in [0.2, 0.25) is 5.91 Å². The maximum absolute atomic E-state index is 13.6. The van der Waals surface area contributed by atoms with Gasteiger partial charge in [-0.25, -0.2) is 9.59 Å². The molecule has 0 radical (unpaired) electrons. The number of fused-ring (bicyclic) bond motifs is 1. The van der Waals surface area contributed by atoms with E-state index in [4.69, 9.17) is 17.3 Å². The van der Waals surface area contributed by atoms with Crippen LogP contribution in [0, 0.1) is 5.92 Å². The van der Waals surface area contributed by atoms with Gasteiger partial charge in [0.15, 0.2) is 5.11 Å². The van der Waals surface area contributed by atoms with Gasteiger partial charge in [-0.05, 0) is 125 Å². The first-order valence-electron chi connectivity index (χ1n) is 24.9. The number of carbonyl (C=O) groups is 5. The molecule has 1 saturated heterocycles. The molecular weight excluding hydrogens is 895 g/mol. The van der Waals surface area contributed by atoms with Crippen molar-refractivity contribution < 1.29 is 34.2 Å². The molecule has 1 aliphatic heterocycles. The normalized spacial score (nSPS) is 16.6. The SMILES string of the molecule is CCN1CCN(C)CCN(C)CCN(C)CC1Cc1ccc(NC(=S)NCCCCCC(=O)C[C@@H](Cc2ccc3ccccc3c2)C(=O)NCCCC[C@H](NC(=O)NCCCC(=O)O)C(=O)O)cc1. The van der Waals surface area contributed by atoms with Gasteiger partial charge in [-0.3, -0.25) is 19.3 Å². The zero-order valence-corrected chi connectivity index (χ0v) is 42.3. The number of aliphatic carboxylic acids is 2. The van der Waals surface area contributed by atoms with E-state index >= 15 is 0 Å². The number of ketones is 1. The van der Waals surface area contributed by atoms with Crippen LogP contribution in [0.4, 0.5) is 10.5 Å². The number of amides is 3. The van der Waals surface area contributed by atoms with Crippen molar-refractivity contribution in [2.45, 2.75) is 96.1 Å². The summed E-state index contributed by atoms with van der Waals surface area (Å²) in [6.07, 6.45) is 5.38. The van der Waals surface area contributed by atoms with Crippen LogP contribution in [0.2, 0.25) is 0 Å². The third-order valence-corrected chi connectivity index (χ3v) is 13.1. The number of thiocarbonyl (C=S) groups is 1. The predicted octanol–water partition coefficient (Wildman–Crippen LogP) is 5.45. The molecule has 0 aromatic heterocycles. The highest BCUT2D eigenvalue weighted by molar-refractivity contribution is 7.80. The van der Waals surface area contributed by atoms with Crippen molar-refractivity contribution in [3.8, 4) is 0 Å². The van der Waals surface area contributed by atoms with Gasteiger partial charge in [-0.15, -0.1) is 0 Å². The van der Waals surface area contributed by atoms with Crippen molar-refractivity contribution in [2.24, 2.45) is 5.92 Å². The zero-order valence-electron chi connectivity index (χ0n) is 41.5. The lowest BCUT2D eigenvalue weighted by atomic mass is 9.91. The number of hydrogen-bond acceptors (Lipinski definition) is 10. The van der Waals surface area contributed by atoms with Gasteiger partial charge >= 0.3 is 18.0 Å². The van der Waals surface area contributed by atoms with E-state index in [-0.39, 0.29) is 50.5 Å². The molecule has 17 heteroatoms. The minimum atomic E-state index is -1.19. The van der Waals surface area contributed by atoms with Gasteiger partial charge in [0.05, 0.1) is 0 Å². The van der Waals surface area contributed by atoms with Crippen molar-refractivity contribution in [1.82, 2.24) is 40.9 Å². The standard InChI is InChI=1S/C52H79N9O7S/c1-5-61-33-32-59(3)29-28-58(2)30-31-60(4)38-45(61)36-39-20-23-44(24-21-39)56-52(69)55-26-11-6-7-16-46(62)37-43(35-40-19-22-41-14-8-9-15-42(41)34-40)49(65)53-25-12-10-17-47(50(66)67)57-51(68)54-27-13-18-48(63)64/h8-9,14-15,19-24,34,43,45,47H,5-7,10-13,16-18,25-33,35-38H2,1-4H3,(H,53,65)(H,63,64)(H,66,67)(H2,54,57,68)(H2,55,56,69)/t43-,45?,47+/m1/s1. The molecule has 0 saturated carbocycles. The summed E-state index contributed by atoms with van der Waals surface area (Å²) in [6, 6.07) is 21.3. The second-order valence-electron chi connectivity index (χ2n) is 18.6. The largest absolute Gasteiger partial charge is 0.481 e. The fourth-order valence-electron chi connectivity index (χ4n) is 8.58. The van der Waals surface area contributed by atoms with Crippen molar-refractivity contribution in [1.29, 1.82) is 0 Å². The number of nitrogens with one attached hydrogen (secondary N) is 5. The lowest BCUT2D eigenvalue weighted by molar-refractivity contribution is -0.139. The Balaban J connectivity index is 1.19. The van der Waals surface area contributed by atoms with Gasteiger partial charge < -0.3 is 51.5 Å². The van der Waals surface area contributed by atoms with Crippen LogP contribution in [0.25, 0.3) is 10.8 Å². The summed E-state index contributed by atoms with van der Waals surface area (Å²) in [5.74, 6) is -2.93. The molecule has 0 spiro atoms. The number of unbranched alkanes of at least 4 members (excludes halogenated alkanes) is 3. The summed E-state index contributed by atoms with van der Waals surface area (Å²) >= 11 is 5.62. The number of Topliss-reactive ketones (excluding diaryl/α,β-unsaturated/α-hetero) is 1.